The van der Waals surface area contributed by atoms with Crippen LogP contribution in [0.1, 0.15) is 29.4 Å². The van der Waals surface area contributed by atoms with Crippen molar-refractivity contribution in [1.29, 1.82) is 0 Å². The molecule has 5 N–H and O–H groups in total. The van der Waals surface area contributed by atoms with Gasteiger partial charge in [0.1, 0.15) is 24.6 Å². The quantitative estimate of drug-likeness (QED) is 0.237. The van der Waals surface area contributed by atoms with E-state index >= 15 is 0 Å². The summed E-state index contributed by atoms with van der Waals surface area (Å²) in [5, 5.41) is 33.6. The maximum atomic E-state index is 12.4. The van der Waals surface area contributed by atoms with E-state index < -0.39 is 53.3 Å². The first-order valence-electron chi connectivity index (χ1n) is 12.0. The maximum Gasteiger partial charge on any atom is 0.209 e. The lowest BCUT2D eigenvalue weighted by atomic mass is 9.79. The number of sulfonamides is 1. The third-order valence-corrected chi connectivity index (χ3v) is 7.68. The van der Waals surface area contributed by atoms with Crippen LogP contribution in [0.25, 0.3) is 22.3 Å². The number of nitrogens with zero attached hydrogens (tertiary/aromatic N) is 4. The molecule has 0 radical (unpaired) electrons. The summed E-state index contributed by atoms with van der Waals surface area (Å²) in [5.41, 5.74) is 4.28. The first-order chi connectivity index (χ1) is 18.3. The molecule has 6 atom stereocenters. The molecule has 1 aliphatic carbocycles. The Morgan fingerprint density at radius 3 is 2.24 bits per heavy atom. The zero-order valence-corrected chi connectivity index (χ0v) is 21.0. The predicted molar refractivity (Wildman–Crippen MR) is 137 cm³/mol. The van der Waals surface area contributed by atoms with Gasteiger partial charge in [-0.15, -0.1) is 0 Å². The van der Waals surface area contributed by atoms with Gasteiger partial charge in [0.2, 0.25) is 10.0 Å². The van der Waals surface area contributed by atoms with Gasteiger partial charge in [0.15, 0.2) is 23.2 Å². The Hall–Kier alpha value is -3.46. The molecule has 3 heterocycles. The van der Waals surface area contributed by atoms with Crippen LogP contribution in [0.5, 0.6) is 0 Å². The van der Waals surface area contributed by atoms with Crippen molar-refractivity contribution >= 4 is 27.0 Å². The van der Waals surface area contributed by atoms with Gasteiger partial charge in [-0.1, -0.05) is 48.5 Å². The van der Waals surface area contributed by atoms with Crippen LogP contribution in [0, 0.1) is 0 Å². The van der Waals surface area contributed by atoms with Crippen LogP contribution in [0.4, 0.5) is 5.82 Å². The van der Waals surface area contributed by atoms with Gasteiger partial charge in [0.05, 0.1) is 31.3 Å². The lowest BCUT2D eigenvalue weighted by Gasteiger charge is -2.36. The Morgan fingerprint density at radius 1 is 0.947 bits per heavy atom. The molecule has 6 rings (SSSR count). The minimum absolute atomic E-state index is 0.328. The molecule has 198 valence electrons. The van der Waals surface area contributed by atoms with Crippen molar-refractivity contribution < 1.29 is 28.5 Å². The Bertz CT molecular complexity index is 1610. The number of ether oxygens (including phenoxy) is 1. The van der Waals surface area contributed by atoms with Crippen molar-refractivity contribution in [3.8, 4) is 11.1 Å². The van der Waals surface area contributed by atoms with E-state index in [9.17, 15) is 23.7 Å². The number of aromatic nitrogens is 4. The topological polar surface area (TPSA) is 172 Å². The molecule has 1 fully saturated rings. The average molecular weight is 539 g/mol. The molecule has 0 spiro atoms. The highest BCUT2D eigenvalue weighted by atomic mass is 32.2. The van der Waals surface area contributed by atoms with Crippen LogP contribution in [0.15, 0.2) is 61.2 Å². The smallest absolute Gasteiger partial charge is 0.209 e. The van der Waals surface area contributed by atoms with Crippen molar-refractivity contribution in [2.75, 3.05) is 18.2 Å². The second-order valence-corrected chi connectivity index (χ2v) is 11.2. The van der Waals surface area contributed by atoms with E-state index in [1.807, 2.05) is 48.5 Å². The van der Waals surface area contributed by atoms with Crippen LogP contribution in [-0.4, -0.2) is 74.4 Å². The largest absolute Gasteiger partial charge is 0.394 e. The fourth-order valence-corrected chi connectivity index (χ4v) is 6.03. The molecule has 0 amide bonds. The lowest BCUT2D eigenvalue weighted by molar-refractivity contribution is -0.0511. The Labute approximate surface area is 218 Å². The third kappa shape index (κ3) is 4.13. The predicted octanol–water partition coefficient (Wildman–Crippen LogP) is 0.862. The molecule has 2 aromatic heterocycles. The van der Waals surface area contributed by atoms with Gasteiger partial charge in [-0.05, 0) is 22.3 Å². The fraction of sp³-hybridized carbons (Fsp3) is 0.320. The van der Waals surface area contributed by atoms with Crippen molar-refractivity contribution in [3.63, 3.8) is 0 Å². The number of hydrogen-bond acceptors (Lipinski definition) is 10. The number of anilines is 1. The third-order valence-electron chi connectivity index (χ3n) is 7.00. The SMILES string of the molecule is CS(=O)(=O)N[C@@H]1c2ccccc2-c2ccccc2[C@H]1Nc1ncnc2c1ncn2[C@@H]1O[C@H](CO)[C@@H](O)[C@H]1O. The Morgan fingerprint density at radius 2 is 1.61 bits per heavy atom. The van der Waals surface area contributed by atoms with Gasteiger partial charge in [-0.3, -0.25) is 4.57 Å². The number of hydrogen-bond donors (Lipinski definition) is 5. The summed E-state index contributed by atoms with van der Waals surface area (Å²) in [6.07, 6.45) is -0.680. The summed E-state index contributed by atoms with van der Waals surface area (Å²) < 4.78 is 34.8. The van der Waals surface area contributed by atoms with Crippen LogP contribution in [0.2, 0.25) is 0 Å². The summed E-state index contributed by atoms with van der Waals surface area (Å²) in [5.74, 6) is 0.347. The first kappa shape index (κ1) is 24.9. The van der Waals surface area contributed by atoms with E-state index in [2.05, 4.69) is 25.0 Å². The molecule has 2 aromatic carbocycles. The Kier molecular flexibility index (Phi) is 6.13. The van der Waals surface area contributed by atoms with E-state index in [-0.39, 0.29) is 0 Å². The second-order valence-electron chi connectivity index (χ2n) is 9.44. The molecule has 38 heavy (non-hydrogen) atoms. The number of aliphatic hydroxyl groups excluding tert-OH is 3. The number of fused-ring (bicyclic) bond motifs is 4. The molecule has 4 aromatic rings. The fourth-order valence-electron chi connectivity index (χ4n) is 5.31. The number of nitrogens with one attached hydrogen (secondary N) is 2. The second kappa shape index (κ2) is 9.38. The molecule has 1 saturated heterocycles. The standard InChI is InChI=1S/C25H26N6O6S/c1-38(35,36)30-19-16-9-5-3-7-14(16)13-6-2-4-8-15(13)18(19)29-23-20-24(27-11-26-23)31(12-28-20)25-22(34)21(33)17(10-32)37-25/h2-9,11-12,17-19,21-22,25,30,32-34H,10H2,1H3,(H,26,27,29)/t17-,18-,19-,21-,22-,25-/m1/s1. The van der Waals surface area contributed by atoms with Crippen molar-refractivity contribution in [1.82, 2.24) is 24.2 Å². The van der Waals surface area contributed by atoms with Crippen molar-refractivity contribution in [2.24, 2.45) is 0 Å². The first-order valence-corrected chi connectivity index (χ1v) is 13.9. The molecule has 13 heteroatoms. The summed E-state index contributed by atoms with van der Waals surface area (Å²) in [6, 6.07) is 14.2. The Balaban J connectivity index is 1.43. The zero-order valence-electron chi connectivity index (χ0n) is 20.2. The normalized spacial score (nSPS) is 26.7. The van der Waals surface area contributed by atoms with Gasteiger partial charge in [0, 0.05) is 0 Å². The van der Waals surface area contributed by atoms with Gasteiger partial charge in [-0.2, -0.15) is 0 Å². The van der Waals surface area contributed by atoms with Crippen LogP contribution < -0.4 is 10.0 Å². The highest BCUT2D eigenvalue weighted by Gasteiger charge is 2.44. The number of rotatable bonds is 6. The lowest BCUT2D eigenvalue weighted by Crippen LogP contribution is -2.37. The maximum absolute atomic E-state index is 12.4. The number of benzene rings is 2. The highest BCUT2D eigenvalue weighted by molar-refractivity contribution is 7.88. The molecule has 12 nitrogen and oxygen atoms in total. The molecule has 0 unspecified atom stereocenters. The van der Waals surface area contributed by atoms with E-state index in [1.54, 1.807) is 0 Å². The van der Waals surface area contributed by atoms with Crippen molar-refractivity contribution in [3.05, 3.63) is 72.3 Å². The number of imidazole rings is 1. The summed E-state index contributed by atoms with van der Waals surface area (Å²) in [4.78, 5) is 13.1. The molecular formula is C25H26N6O6S. The van der Waals surface area contributed by atoms with Crippen LogP contribution in [-0.2, 0) is 14.8 Å². The van der Waals surface area contributed by atoms with E-state index in [0.717, 1.165) is 28.5 Å². The van der Waals surface area contributed by atoms with Crippen LogP contribution >= 0.6 is 0 Å². The monoisotopic (exact) mass is 538 g/mol. The molecule has 2 aliphatic rings. The summed E-state index contributed by atoms with van der Waals surface area (Å²) >= 11 is 0. The molecular weight excluding hydrogens is 512 g/mol. The summed E-state index contributed by atoms with van der Waals surface area (Å²) in [6.45, 7) is -0.458. The van der Waals surface area contributed by atoms with Gasteiger partial charge in [-0.25, -0.2) is 28.1 Å². The van der Waals surface area contributed by atoms with Gasteiger partial charge in [0.25, 0.3) is 0 Å². The highest BCUT2D eigenvalue weighted by Crippen LogP contribution is 2.46. The minimum atomic E-state index is -3.59. The molecule has 0 bridgehead atoms. The molecule has 0 saturated carbocycles. The van der Waals surface area contributed by atoms with E-state index in [4.69, 9.17) is 4.74 Å². The van der Waals surface area contributed by atoms with Crippen molar-refractivity contribution in [2.45, 2.75) is 36.6 Å². The summed E-state index contributed by atoms with van der Waals surface area (Å²) in [7, 11) is -3.59. The van der Waals surface area contributed by atoms with Gasteiger partial charge >= 0.3 is 0 Å². The van der Waals surface area contributed by atoms with E-state index in [0.29, 0.717) is 17.0 Å². The van der Waals surface area contributed by atoms with Crippen LogP contribution in [0.3, 0.4) is 0 Å². The molecule has 1 aliphatic heterocycles. The number of aliphatic hydroxyl groups is 3. The zero-order chi connectivity index (χ0) is 26.6. The van der Waals surface area contributed by atoms with Gasteiger partial charge < -0.3 is 25.4 Å². The minimum Gasteiger partial charge on any atom is -0.394 e. The average Bonchev–Trinajstić information content (AvgIpc) is 3.46. The van der Waals surface area contributed by atoms with E-state index in [1.165, 1.54) is 17.2 Å².